The second-order valence-corrected chi connectivity index (χ2v) is 6.23. The van der Waals surface area contributed by atoms with Gasteiger partial charge in [0.2, 0.25) is 0 Å². The van der Waals surface area contributed by atoms with Gasteiger partial charge in [0.05, 0.1) is 21.8 Å². The minimum atomic E-state index is -0.434. The molecule has 1 amide bonds. The molecule has 3 aromatic heterocycles. The maximum atomic E-state index is 11.7. The first-order valence-corrected chi connectivity index (χ1v) is 7.82. The van der Waals surface area contributed by atoms with Crippen molar-refractivity contribution in [3.8, 4) is 21.0 Å². The molecule has 0 aromatic carbocycles. The molecule has 3 heterocycles. The topological polar surface area (TPSA) is 56.0 Å². The number of nitrogens with two attached hydrogens (primary N) is 1. The van der Waals surface area contributed by atoms with Crippen molar-refractivity contribution in [1.29, 1.82) is 0 Å². The van der Waals surface area contributed by atoms with Gasteiger partial charge in [-0.1, -0.05) is 12.1 Å². The molecule has 2 N–H and O–H groups in total. The van der Waals surface area contributed by atoms with E-state index in [1.807, 2.05) is 48.0 Å². The molecule has 20 heavy (non-hydrogen) atoms. The Hall–Kier alpha value is -1.98. The molecular weight excluding hydrogens is 288 g/mol. The molecule has 0 aliphatic rings. The van der Waals surface area contributed by atoms with Crippen molar-refractivity contribution in [2.24, 2.45) is 5.73 Å². The fourth-order valence-electron chi connectivity index (χ4n) is 2.16. The number of nitrogens with zero attached hydrogens (tertiary/aromatic N) is 1. The van der Waals surface area contributed by atoms with Crippen molar-refractivity contribution in [3.63, 3.8) is 0 Å². The lowest BCUT2D eigenvalue weighted by molar-refractivity contribution is 0.1000. The summed E-state index contributed by atoms with van der Waals surface area (Å²) in [6.07, 6.45) is 0. The lowest BCUT2D eigenvalue weighted by Crippen LogP contribution is -2.15. The normalized spacial score (nSPS) is 10.7. The van der Waals surface area contributed by atoms with Gasteiger partial charge in [0.15, 0.2) is 0 Å². The highest BCUT2D eigenvalue weighted by Crippen LogP contribution is 2.33. The molecule has 0 aliphatic heterocycles. The summed E-state index contributed by atoms with van der Waals surface area (Å²) in [6, 6.07) is 9.92. The van der Waals surface area contributed by atoms with E-state index in [1.165, 1.54) is 0 Å². The number of aryl methyl sites for hydroxylation is 1. The highest BCUT2D eigenvalue weighted by atomic mass is 32.1. The zero-order valence-electron chi connectivity index (χ0n) is 10.8. The van der Waals surface area contributed by atoms with E-state index in [9.17, 15) is 4.79 Å². The predicted molar refractivity (Wildman–Crippen MR) is 84.1 cm³/mol. The molecule has 0 saturated carbocycles. The van der Waals surface area contributed by atoms with Crippen molar-refractivity contribution in [3.05, 3.63) is 52.3 Å². The highest BCUT2D eigenvalue weighted by Gasteiger charge is 2.17. The maximum absolute atomic E-state index is 11.7. The number of aromatic nitrogens is 1. The Balaban J connectivity index is 2.26. The van der Waals surface area contributed by atoms with Crippen molar-refractivity contribution >= 4 is 28.6 Å². The molecule has 0 fully saturated rings. The summed E-state index contributed by atoms with van der Waals surface area (Å²) in [5.41, 5.74) is 8.44. The van der Waals surface area contributed by atoms with E-state index < -0.39 is 5.91 Å². The van der Waals surface area contributed by atoms with Gasteiger partial charge in [-0.2, -0.15) is 0 Å². The summed E-state index contributed by atoms with van der Waals surface area (Å²) < 4.78 is 0. The number of hydrogen-bond acceptors (Lipinski definition) is 4. The Morgan fingerprint density at radius 3 is 2.35 bits per heavy atom. The Labute approximate surface area is 124 Å². The van der Waals surface area contributed by atoms with Gasteiger partial charge in [-0.25, -0.2) is 0 Å². The molecule has 0 radical (unpaired) electrons. The first kappa shape index (κ1) is 13.0. The van der Waals surface area contributed by atoms with Crippen molar-refractivity contribution < 1.29 is 4.79 Å². The van der Waals surface area contributed by atoms with Crippen LogP contribution in [0.1, 0.15) is 16.1 Å². The number of amides is 1. The van der Waals surface area contributed by atoms with Crippen LogP contribution in [0.4, 0.5) is 0 Å². The number of primary amides is 1. The fourth-order valence-corrected chi connectivity index (χ4v) is 3.60. The molecule has 0 bridgehead atoms. The Morgan fingerprint density at radius 2 is 1.80 bits per heavy atom. The van der Waals surface area contributed by atoms with E-state index >= 15 is 0 Å². The van der Waals surface area contributed by atoms with Crippen LogP contribution in [0.3, 0.4) is 0 Å². The summed E-state index contributed by atoms with van der Waals surface area (Å²) in [6.45, 7) is 1.83. The largest absolute Gasteiger partial charge is 0.366 e. The second kappa shape index (κ2) is 5.19. The number of carbonyl (C=O) groups excluding carboxylic acids is 1. The molecule has 5 heteroatoms. The Morgan fingerprint density at radius 1 is 1.15 bits per heavy atom. The lowest BCUT2D eigenvalue weighted by Gasteiger charge is -2.10. The predicted octanol–water partition coefficient (Wildman–Crippen LogP) is 3.95. The maximum Gasteiger partial charge on any atom is 0.251 e. The zero-order chi connectivity index (χ0) is 14.1. The molecule has 3 aromatic rings. The van der Waals surface area contributed by atoms with E-state index in [0.717, 1.165) is 21.0 Å². The summed E-state index contributed by atoms with van der Waals surface area (Å²) in [4.78, 5) is 18.4. The van der Waals surface area contributed by atoms with Gasteiger partial charge in [-0.05, 0) is 35.9 Å². The van der Waals surface area contributed by atoms with Crippen LogP contribution in [0, 0.1) is 6.92 Å². The first-order chi connectivity index (χ1) is 9.66. The number of hydrogen-bond donors (Lipinski definition) is 1. The van der Waals surface area contributed by atoms with Crippen LogP contribution in [0.5, 0.6) is 0 Å². The third-order valence-corrected chi connectivity index (χ3v) is 4.80. The monoisotopic (exact) mass is 300 g/mol. The van der Waals surface area contributed by atoms with Crippen LogP contribution >= 0.6 is 22.7 Å². The average Bonchev–Trinajstić information content (AvgIpc) is 3.11. The number of rotatable bonds is 3. The fraction of sp³-hybridized carbons (Fsp3) is 0.0667. The quantitative estimate of drug-likeness (QED) is 0.796. The van der Waals surface area contributed by atoms with Crippen LogP contribution in [0.15, 0.2) is 41.1 Å². The van der Waals surface area contributed by atoms with E-state index in [2.05, 4.69) is 4.98 Å². The van der Waals surface area contributed by atoms with Crippen LogP contribution in [0.2, 0.25) is 0 Å². The summed E-state index contributed by atoms with van der Waals surface area (Å²) in [5, 5.41) is 4.00. The van der Waals surface area contributed by atoms with Gasteiger partial charge >= 0.3 is 0 Å². The molecule has 0 saturated heterocycles. The molecule has 0 atom stereocenters. The third-order valence-electron chi connectivity index (χ3n) is 3.01. The Kier molecular flexibility index (Phi) is 3.38. The van der Waals surface area contributed by atoms with Crippen molar-refractivity contribution in [2.45, 2.75) is 6.92 Å². The summed E-state index contributed by atoms with van der Waals surface area (Å²) in [7, 11) is 0. The van der Waals surface area contributed by atoms with E-state index in [4.69, 9.17) is 5.73 Å². The van der Waals surface area contributed by atoms with Crippen LogP contribution in [-0.2, 0) is 0 Å². The van der Waals surface area contributed by atoms with E-state index in [-0.39, 0.29) is 0 Å². The molecule has 0 spiro atoms. The van der Waals surface area contributed by atoms with Gasteiger partial charge < -0.3 is 5.73 Å². The summed E-state index contributed by atoms with van der Waals surface area (Å²) in [5.74, 6) is -0.434. The molecule has 100 valence electrons. The van der Waals surface area contributed by atoms with Crippen LogP contribution in [0.25, 0.3) is 21.0 Å². The number of pyridine rings is 1. The average molecular weight is 300 g/mol. The Bertz CT molecular complexity index is 747. The SMILES string of the molecule is Cc1nc(-c2cccs2)cc(-c2cccs2)c1C(N)=O. The molecule has 3 rings (SSSR count). The van der Waals surface area contributed by atoms with Crippen molar-refractivity contribution in [1.82, 2.24) is 4.98 Å². The number of thiophene rings is 2. The van der Waals surface area contributed by atoms with E-state index in [0.29, 0.717) is 11.3 Å². The van der Waals surface area contributed by atoms with Crippen LogP contribution in [-0.4, -0.2) is 10.9 Å². The summed E-state index contributed by atoms with van der Waals surface area (Å²) >= 11 is 3.22. The van der Waals surface area contributed by atoms with Crippen molar-refractivity contribution in [2.75, 3.05) is 0 Å². The molecule has 0 unspecified atom stereocenters. The molecule has 0 aliphatic carbocycles. The van der Waals surface area contributed by atoms with E-state index in [1.54, 1.807) is 22.7 Å². The number of carbonyl (C=O) groups is 1. The first-order valence-electron chi connectivity index (χ1n) is 6.06. The zero-order valence-corrected chi connectivity index (χ0v) is 12.4. The minimum Gasteiger partial charge on any atom is -0.366 e. The van der Waals surface area contributed by atoms with Gasteiger partial charge in [0.1, 0.15) is 0 Å². The van der Waals surface area contributed by atoms with Gasteiger partial charge in [-0.3, -0.25) is 9.78 Å². The third kappa shape index (κ3) is 2.26. The highest BCUT2D eigenvalue weighted by molar-refractivity contribution is 7.14. The molecule has 3 nitrogen and oxygen atoms in total. The lowest BCUT2D eigenvalue weighted by atomic mass is 10.0. The van der Waals surface area contributed by atoms with Gasteiger partial charge in [0, 0.05) is 10.4 Å². The van der Waals surface area contributed by atoms with Gasteiger partial charge in [0.25, 0.3) is 5.91 Å². The smallest absolute Gasteiger partial charge is 0.251 e. The van der Waals surface area contributed by atoms with Crippen LogP contribution < -0.4 is 5.73 Å². The molecular formula is C15H12N2OS2. The standard InChI is InChI=1S/C15H12N2OS2/c1-9-14(15(16)18)10(12-4-2-6-19-12)8-11(17-9)13-5-3-7-20-13/h2-8H,1H3,(H2,16,18). The minimum absolute atomic E-state index is 0.434. The second-order valence-electron chi connectivity index (χ2n) is 4.33. The van der Waals surface area contributed by atoms with Gasteiger partial charge in [-0.15, -0.1) is 22.7 Å².